The number of carbonyl (C=O) groups excluding carboxylic acids is 1. The standard InChI is InChI=1S/C20H25N9O3/c1-13(2)15-5-3-14(4-6-15)11-22-24-20(30)17-16(12-28-7-9-31-10-8-28)29(27-23-17)19-18(21)25-32-26-19/h3-6,11,13H,7-10,12H2,1-2H3,(H2,21,25)(H,24,30)/b22-11-. The molecule has 0 unspecified atom stereocenters. The Labute approximate surface area is 184 Å². The van der Waals surface area contributed by atoms with E-state index in [1.807, 2.05) is 24.3 Å². The molecule has 3 aromatic rings. The van der Waals surface area contributed by atoms with Gasteiger partial charge in [0.1, 0.15) is 0 Å². The van der Waals surface area contributed by atoms with Crippen LogP contribution in [0.1, 0.15) is 47.1 Å². The van der Waals surface area contributed by atoms with Crippen molar-refractivity contribution in [3.63, 3.8) is 0 Å². The molecule has 0 bridgehead atoms. The molecule has 2 aromatic heterocycles. The van der Waals surface area contributed by atoms with Gasteiger partial charge < -0.3 is 10.5 Å². The second-order valence-corrected chi connectivity index (χ2v) is 7.68. The predicted molar refractivity (Wildman–Crippen MR) is 115 cm³/mol. The van der Waals surface area contributed by atoms with Gasteiger partial charge in [0, 0.05) is 19.6 Å². The molecule has 3 N–H and O–H groups in total. The Bertz CT molecular complexity index is 1080. The molecule has 168 valence electrons. The zero-order valence-electron chi connectivity index (χ0n) is 17.9. The van der Waals surface area contributed by atoms with E-state index >= 15 is 0 Å². The van der Waals surface area contributed by atoms with E-state index in [9.17, 15) is 4.79 Å². The Balaban J connectivity index is 1.53. The predicted octanol–water partition coefficient (Wildman–Crippen LogP) is 0.952. The van der Waals surface area contributed by atoms with Gasteiger partial charge in [0.05, 0.1) is 25.1 Å². The molecule has 1 aliphatic heterocycles. The topological polar surface area (TPSA) is 150 Å². The normalized spacial score (nSPS) is 15.0. The van der Waals surface area contributed by atoms with E-state index < -0.39 is 5.91 Å². The number of aromatic nitrogens is 5. The summed E-state index contributed by atoms with van der Waals surface area (Å²) in [5.74, 6) is 0.174. The molecule has 1 saturated heterocycles. The van der Waals surface area contributed by atoms with Gasteiger partial charge in [-0.25, -0.2) is 10.1 Å². The van der Waals surface area contributed by atoms with Crippen LogP contribution in [0.3, 0.4) is 0 Å². The first kappa shape index (κ1) is 21.6. The molecular weight excluding hydrogens is 414 g/mol. The van der Waals surface area contributed by atoms with E-state index in [4.69, 9.17) is 10.5 Å². The number of morpholine rings is 1. The Morgan fingerprint density at radius 1 is 1.25 bits per heavy atom. The fraction of sp³-hybridized carbons (Fsp3) is 0.400. The van der Waals surface area contributed by atoms with Crippen molar-refractivity contribution >= 4 is 17.9 Å². The number of nitrogens with two attached hydrogens (primary N) is 1. The average molecular weight is 439 g/mol. The number of benzene rings is 1. The number of amides is 1. The molecule has 1 aromatic carbocycles. The molecule has 0 radical (unpaired) electrons. The Kier molecular flexibility index (Phi) is 6.52. The number of rotatable bonds is 7. The van der Waals surface area contributed by atoms with Gasteiger partial charge in [-0.15, -0.1) is 5.10 Å². The highest BCUT2D eigenvalue weighted by atomic mass is 16.6. The van der Waals surface area contributed by atoms with Crippen LogP contribution in [0.4, 0.5) is 5.82 Å². The maximum absolute atomic E-state index is 12.8. The summed E-state index contributed by atoms with van der Waals surface area (Å²) in [6.45, 7) is 7.30. The van der Waals surface area contributed by atoms with Gasteiger partial charge in [0.15, 0.2) is 5.69 Å². The van der Waals surface area contributed by atoms with Crippen molar-refractivity contribution in [2.24, 2.45) is 5.10 Å². The van der Waals surface area contributed by atoms with Gasteiger partial charge in [-0.05, 0) is 27.4 Å². The highest BCUT2D eigenvalue weighted by molar-refractivity contribution is 5.94. The first-order chi connectivity index (χ1) is 15.5. The molecule has 0 spiro atoms. The van der Waals surface area contributed by atoms with Crippen LogP contribution < -0.4 is 11.2 Å². The van der Waals surface area contributed by atoms with E-state index in [1.165, 1.54) is 10.2 Å². The molecule has 4 rings (SSSR count). The molecular formula is C20H25N9O3. The van der Waals surface area contributed by atoms with Crippen molar-refractivity contribution < 1.29 is 14.2 Å². The summed E-state index contributed by atoms with van der Waals surface area (Å²) in [7, 11) is 0. The molecule has 0 atom stereocenters. The third-order valence-electron chi connectivity index (χ3n) is 5.13. The Hall–Kier alpha value is -3.64. The van der Waals surface area contributed by atoms with Gasteiger partial charge >= 0.3 is 0 Å². The first-order valence-corrected chi connectivity index (χ1v) is 10.3. The Morgan fingerprint density at radius 3 is 2.66 bits per heavy atom. The van der Waals surface area contributed by atoms with E-state index in [0.717, 1.165) is 5.56 Å². The van der Waals surface area contributed by atoms with Gasteiger partial charge in [-0.3, -0.25) is 9.69 Å². The van der Waals surface area contributed by atoms with E-state index in [0.29, 0.717) is 44.5 Å². The number of nitrogen functional groups attached to an aromatic ring is 1. The van der Waals surface area contributed by atoms with Crippen LogP contribution in [-0.4, -0.2) is 68.6 Å². The lowest BCUT2D eigenvalue weighted by Crippen LogP contribution is -2.37. The smallest absolute Gasteiger partial charge is 0.293 e. The van der Waals surface area contributed by atoms with E-state index in [2.05, 4.69) is 54.5 Å². The lowest BCUT2D eigenvalue weighted by Gasteiger charge is -2.26. The van der Waals surface area contributed by atoms with Crippen LogP contribution in [0.25, 0.3) is 5.82 Å². The summed E-state index contributed by atoms with van der Waals surface area (Å²) < 4.78 is 11.4. The number of carbonyl (C=O) groups is 1. The van der Waals surface area contributed by atoms with Crippen molar-refractivity contribution in [1.82, 2.24) is 35.6 Å². The van der Waals surface area contributed by atoms with Crippen LogP contribution in [0.2, 0.25) is 0 Å². The third kappa shape index (κ3) is 4.81. The van der Waals surface area contributed by atoms with Crippen molar-refractivity contribution in [2.75, 3.05) is 32.0 Å². The van der Waals surface area contributed by atoms with Crippen molar-refractivity contribution in [3.05, 3.63) is 46.8 Å². The average Bonchev–Trinajstić information content (AvgIpc) is 3.40. The molecule has 3 heterocycles. The summed E-state index contributed by atoms with van der Waals surface area (Å²) in [6, 6.07) is 7.98. The number of hydrogen-bond donors (Lipinski definition) is 2. The lowest BCUT2D eigenvalue weighted by atomic mass is 10.0. The monoisotopic (exact) mass is 439 g/mol. The van der Waals surface area contributed by atoms with Gasteiger partial charge in [0.25, 0.3) is 5.91 Å². The minimum absolute atomic E-state index is 0.0490. The molecule has 0 saturated carbocycles. The number of hydrogen-bond acceptors (Lipinski definition) is 10. The summed E-state index contributed by atoms with van der Waals surface area (Å²) >= 11 is 0. The van der Waals surface area contributed by atoms with E-state index in [1.54, 1.807) is 6.21 Å². The molecule has 0 aliphatic carbocycles. The maximum Gasteiger partial charge on any atom is 0.293 e. The molecule has 1 amide bonds. The number of nitrogens with one attached hydrogen (secondary N) is 1. The SMILES string of the molecule is CC(C)c1ccc(/C=N\NC(=O)c2nnn(-c3nonc3N)c2CN2CCOCC2)cc1. The minimum atomic E-state index is -0.496. The number of hydrazone groups is 1. The second kappa shape index (κ2) is 9.66. The maximum atomic E-state index is 12.8. The van der Waals surface area contributed by atoms with Crippen LogP contribution in [0.15, 0.2) is 34.0 Å². The number of ether oxygens (including phenoxy) is 1. The zero-order valence-corrected chi connectivity index (χ0v) is 17.9. The van der Waals surface area contributed by atoms with E-state index in [-0.39, 0.29) is 17.3 Å². The molecule has 1 fully saturated rings. The van der Waals surface area contributed by atoms with Crippen LogP contribution in [0.5, 0.6) is 0 Å². The highest BCUT2D eigenvalue weighted by Gasteiger charge is 2.26. The van der Waals surface area contributed by atoms with Crippen molar-refractivity contribution in [2.45, 2.75) is 26.3 Å². The fourth-order valence-electron chi connectivity index (χ4n) is 3.28. The highest BCUT2D eigenvalue weighted by Crippen LogP contribution is 2.18. The van der Waals surface area contributed by atoms with Crippen LogP contribution in [-0.2, 0) is 11.3 Å². The molecule has 1 aliphatic rings. The number of nitrogens with zero attached hydrogens (tertiary/aromatic N) is 7. The quantitative estimate of drug-likeness (QED) is 0.405. The Morgan fingerprint density at radius 2 is 2.00 bits per heavy atom. The fourth-order valence-corrected chi connectivity index (χ4v) is 3.28. The van der Waals surface area contributed by atoms with Crippen molar-refractivity contribution in [3.8, 4) is 5.82 Å². The van der Waals surface area contributed by atoms with Gasteiger partial charge in [-0.1, -0.05) is 43.3 Å². The van der Waals surface area contributed by atoms with Gasteiger partial charge in [-0.2, -0.15) is 9.78 Å². The summed E-state index contributed by atoms with van der Waals surface area (Å²) in [6.07, 6.45) is 1.58. The lowest BCUT2D eigenvalue weighted by molar-refractivity contribution is 0.0332. The third-order valence-corrected chi connectivity index (χ3v) is 5.13. The molecule has 12 nitrogen and oxygen atoms in total. The summed E-state index contributed by atoms with van der Waals surface area (Å²) in [5.41, 5.74) is 11.1. The molecule has 32 heavy (non-hydrogen) atoms. The largest absolute Gasteiger partial charge is 0.379 e. The zero-order chi connectivity index (χ0) is 22.5. The summed E-state index contributed by atoms with van der Waals surface area (Å²) in [5, 5.41) is 19.5. The minimum Gasteiger partial charge on any atom is -0.379 e. The van der Waals surface area contributed by atoms with Crippen LogP contribution in [0, 0.1) is 0 Å². The first-order valence-electron chi connectivity index (χ1n) is 10.3. The van der Waals surface area contributed by atoms with Crippen molar-refractivity contribution in [1.29, 1.82) is 0 Å². The molecule has 12 heteroatoms. The van der Waals surface area contributed by atoms with Crippen LogP contribution >= 0.6 is 0 Å². The second-order valence-electron chi connectivity index (χ2n) is 7.68. The van der Waals surface area contributed by atoms with Gasteiger partial charge in [0.2, 0.25) is 11.6 Å². The summed E-state index contributed by atoms with van der Waals surface area (Å²) in [4.78, 5) is 15.0. The number of anilines is 1.